The average molecular weight is 529 g/mol. The molecule has 6 rings (SSSR count). The number of anilines is 1. The van der Waals surface area contributed by atoms with E-state index in [9.17, 15) is 9.18 Å². The number of halogens is 1. The third-order valence-electron chi connectivity index (χ3n) is 5.89. The van der Waals surface area contributed by atoms with Gasteiger partial charge in [-0.15, -0.1) is 11.3 Å². The summed E-state index contributed by atoms with van der Waals surface area (Å²) in [6, 6.07) is 6.96. The summed E-state index contributed by atoms with van der Waals surface area (Å²) in [4.78, 5) is 34.3. The summed E-state index contributed by atoms with van der Waals surface area (Å²) < 4.78 is 13.7. The van der Waals surface area contributed by atoms with Gasteiger partial charge in [0.25, 0.3) is 0 Å². The Hall–Kier alpha value is -4.51. The lowest BCUT2D eigenvalue weighted by Crippen LogP contribution is -2.27. The molecule has 192 valence electrons. The number of aromatic amines is 2. The summed E-state index contributed by atoms with van der Waals surface area (Å²) in [5, 5.41) is 10.8. The van der Waals surface area contributed by atoms with E-state index in [4.69, 9.17) is 4.98 Å². The quantitative estimate of drug-likeness (QED) is 0.242. The van der Waals surface area contributed by atoms with Gasteiger partial charge in [0, 0.05) is 45.6 Å². The molecule has 0 spiro atoms. The molecule has 0 saturated carbocycles. The number of amides is 1. The van der Waals surface area contributed by atoms with Gasteiger partial charge in [0.15, 0.2) is 16.6 Å². The van der Waals surface area contributed by atoms with Crippen LogP contribution in [0.2, 0.25) is 0 Å². The summed E-state index contributed by atoms with van der Waals surface area (Å²) in [5.74, 6) is 0.466. The van der Waals surface area contributed by atoms with Gasteiger partial charge in [-0.2, -0.15) is 9.49 Å². The van der Waals surface area contributed by atoms with E-state index in [1.54, 1.807) is 37.1 Å². The number of nitrogens with one attached hydrogen (secondary N) is 3. The number of H-pyrrole nitrogens is 2. The third kappa shape index (κ3) is 4.52. The third-order valence-corrected chi connectivity index (χ3v) is 6.80. The Morgan fingerprint density at radius 1 is 1.03 bits per heavy atom. The Kier molecular flexibility index (Phi) is 6.23. The van der Waals surface area contributed by atoms with Crippen molar-refractivity contribution in [1.29, 1.82) is 0 Å². The maximum absolute atomic E-state index is 13.7. The zero-order chi connectivity index (χ0) is 25.7. The molecule has 38 heavy (non-hydrogen) atoms. The molecular formula is C27H25FN8OS. The first-order chi connectivity index (χ1) is 17.8. The van der Waals surface area contributed by atoms with Crippen molar-refractivity contribution in [2.75, 3.05) is 5.32 Å². The maximum atomic E-state index is 13.7. The van der Waals surface area contributed by atoms with Crippen molar-refractivity contribution in [2.24, 2.45) is 5.41 Å². The predicted molar refractivity (Wildman–Crippen MR) is 148 cm³/mol. The number of aromatic nitrogens is 7. The van der Waals surface area contributed by atoms with Crippen LogP contribution in [0.25, 0.3) is 55.2 Å². The van der Waals surface area contributed by atoms with Crippen molar-refractivity contribution in [3.05, 3.63) is 60.4 Å². The van der Waals surface area contributed by atoms with E-state index in [1.807, 2.05) is 32.9 Å². The molecule has 0 aromatic carbocycles. The van der Waals surface area contributed by atoms with Crippen molar-refractivity contribution in [3.8, 4) is 33.1 Å². The van der Waals surface area contributed by atoms with Crippen molar-refractivity contribution >= 4 is 45.0 Å². The molecular weight excluding hydrogens is 503 g/mol. The van der Waals surface area contributed by atoms with E-state index in [0.717, 1.165) is 43.8 Å². The van der Waals surface area contributed by atoms with Gasteiger partial charge in [0.2, 0.25) is 5.91 Å². The number of carbonyl (C=O) groups is 1. The number of thiophene rings is 1. The zero-order valence-electron chi connectivity index (χ0n) is 20.1. The SMILES string of the molecule is C.CC(C)(C)C(=O)Nc1cncc(-c2cnc3n[nH]c(-c4nc5c(-c6ccc(F)s6)cncc5[nH]4)c3c2)c1. The summed E-state index contributed by atoms with van der Waals surface area (Å²) in [6.45, 7) is 5.56. The van der Waals surface area contributed by atoms with E-state index in [-0.39, 0.29) is 18.5 Å². The Morgan fingerprint density at radius 2 is 1.82 bits per heavy atom. The highest BCUT2D eigenvalue weighted by molar-refractivity contribution is 7.14. The number of rotatable bonds is 4. The Bertz CT molecular complexity index is 1800. The zero-order valence-corrected chi connectivity index (χ0v) is 20.9. The molecule has 3 N–H and O–H groups in total. The van der Waals surface area contributed by atoms with Gasteiger partial charge in [0.05, 0.1) is 29.0 Å². The number of carbonyl (C=O) groups excluding carboxylic acids is 1. The average Bonchev–Trinajstić information content (AvgIpc) is 3.60. The molecule has 0 aliphatic rings. The molecule has 0 bridgehead atoms. The number of pyridine rings is 3. The summed E-state index contributed by atoms with van der Waals surface area (Å²) >= 11 is 1.05. The Morgan fingerprint density at radius 3 is 2.58 bits per heavy atom. The van der Waals surface area contributed by atoms with E-state index >= 15 is 0 Å². The van der Waals surface area contributed by atoms with Crippen LogP contribution in [-0.4, -0.2) is 41.0 Å². The van der Waals surface area contributed by atoms with Crippen LogP contribution in [0.3, 0.4) is 0 Å². The van der Waals surface area contributed by atoms with Gasteiger partial charge >= 0.3 is 0 Å². The van der Waals surface area contributed by atoms with Crippen LogP contribution in [0, 0.1) is 10.5 Å². The monoisotopic (exact) mass is 528 g/mol. The molecule has 6 aromatic heterocycles. The fourth-order valence-electron chi connectivity index (χ4n) is 3.91. The molecule has 0 unspecified atom stereocenters. The van der Waals surface area contributed by atoms with E-state index in [1.165, 1.54) is 6.07 Å². The van der Waals surface area contributed by atoms with Crippen LogP contribution in [0.1, 0.15) is 28.2 Å². The van der Waals surface area contributed by atoms with Gasteiger partial charge in [-0.05, 0) is 24.3 Å². The van der Waals surface area contributed by atoms with Crippen molar-refractivity contribution in [3.63, 3.8) is 0 Å². The molecule has 6 aromatic rings. The van der Waals surface area contributed by atoms with Gasteiger partial charge in [0.1, 0.15) is 11.2 Å². The fourth-order valence-corrected chi connectivity index (χ4v) is 4.66. The van der Waals surface area contributed by atoms with Crippen LogP contribution in [0.5, 0.6) is 0 Å². The smallest absolute Gasteiger partial charge is 0.229 e. The van der Waals surface area contributed by atoms with E-state index < -0.39 is 5.41 Å². The molecule has 0 aliphatic carbocycles. The minimum atomic E-state index is -0.526. The maximum Gasteiger partial charge on any atom is 0.229 e. The molecule has 0 atom stereocenters. The Labute approximate surface area is 221 Å². The molecule has 11 heteroatoms. The van der Waals surface area contributed by atoms with E-state index in [0.29, 0.717) is 28.4 Å². The van der Waals surface area contributed by atoms with Crippen LogP contribution in [-0.2, 0) is 4.79 Å². The molecule has 0 radical (unpaired) electrons. The van der Waals surface area contributed by atoms with Crippen LogP contribution < -0.4 is 5.32 Å². The first kappa shape index (κ1) is 25.2. The second-order valence-corrected chi connectivity index (χ2v) is 10.7. The van der Waals surface area contributed by atoms with Crippen molar-refractivity contribution in [2.45, 2.75) is 28.2 Å². The lowest BCUT2D eigenvalue weighted by atomic mass is 9.95. The summed E-state index contributed by atoms with van der Waals surface area (Å²) in [6.07, 6.45) is 8.41. The second-order valence-electron chi connectivity index (χ2n) is 9.63. The summed E-state index contributed by atoms with van der Waals surface area (Å²) in [5.41, 5.74) is 5.03. The van der Waals surface area contributed by atoms with Crippen LogP contribution in [0.15, 0.2) is 55.2 Å². The first-order valence-electron chi connectivity index (χ1n) is 11.5. The van der Waals surface area contributed by atoms with Gasteiger partial charge in [-0.1, -0.05) is 28.2 Å². The standard InChI is InChI=1S/C26H21FN8OS.CH4/c1-26(2,3)25(36)31-15-6-13(8-28-10-15)14-7-16-22(34-35-23(16)30-9-14)24-32-18-12-29-11-17(21(18)33-24)19-4-5-20(27)37-19;/h4-12H,1-3H3,(H,31,36)(H,32,33)(H,30,34,35);1H4. The highest BCUT2D eigenvalue weighted by atomic mass is 32.1. The topological polar surface area (TPSA) is 125 Å². The molecule has 0 aliphatic heterocycles. The molecule has 0 fully saturated rings. The number of imidazole rings is 1. The Balaban J connectivity index is 0.00000294. The molecule has 0 saturated heterocycles. The van der Waals surface area contributed by atoms with E-state index in [2.05, 4.69) is 35.5 Å². The second kappa shape index (κ2) is 9.42. The molecule has 6 heterocycles. The number of nitrogens with zero attached hydrogens (tertiary/aromatic N) is 5. The van der Waals surface area contributed by atoms with Crippen LogP contribution >= 0.6 is 11.3 Å². The number of hydrogen-bond donors (Lipinski definition) is 3. The highest BCUT2D eigenvalue weighted by Crippen LogP contribution is 2.34. The predicted octanol–water partition coefficient (Wildman–Crippen LogP) is 6.45. The van der Waals surface area contributed by atoms with Crippen molar-refractivity contribution in [1.82, 2.24) is 35.1 Å². The lowest BCUT2D eigenvalue weighted by molar-refractivity contribution is -0.123. The van der Waals surface area contributed by atoms with Gasteiger partial charge < -0.3 is 10.3 Å². The first-order valence-corrected chi connectivity index (χ1v) is 12.3. The summed E-state index contributed by atoms with van der Waals surface area (Å²) in [7, 11) is 0. The largest absolute Gasteiger partial charge is 0.335 e. The fraction of sp³-hybridized carbons (Fsp3) is 0.185. The highest BCUT2D eigenvalue weighted by Gasteiger charge is 2.22. The van der Waals surface area contributed by atoms with Crippen molar-refractivity contribution < 1.29 is 9.18 Å². The molecule has 9 nitrogen and oxygen atoms in total. The normalized spacial score (nSPS) is 11.6. The molecule has 1 amide bonds. The number of fused-ring (bicyclic) bond motifs is 2. The minimum Gasteiger partial charge on any atom is -0.335 e. The minimum absolute atomic E-state index is 0. The van der Waals surface area contributed by atoms with Crippen LogP contribution in [0.4, 0.5) is 10.1 Å². The number of hydrogen-bond acceptors (Lipinski definition) is 7. The lowest BCUT2D eigenvalue weighted by Gasteiger charge is -2.17. The van der Waals surface area contributed by atoms with Gasteiger partial charge in [-0.25, -0.2) is 9.97 Å². The van der Waals surface area contributed by atoms with Gasteiger partial charge in [-0.3, -0.25) is 19.9 Å².